The normalized spacial score (nSPS) is 12.3. The van der Waals surface area contributed by atoms with Gasteiger partial charge in [-0.25, -0.2) is 4.98 Å². The number of benzene rings is 1. The quantitative estimate of drug-likeness (QED) is 0.803. The molecule has 1 atom stereocenters. The van der Waals surface area contributed by atoms with Crippen molar-refractivity contribution in [2.45, 2.75) is 26.8 Å². The number of aromatic nitrogens is 2. The Morgan fingerprint density at radius 2 is 1.76 bits per heavy atom. The Morgan fingerprint density at radius 3 is 2.38 bits per heavy atom. The first-order chi connectivity index (χ1) is 9.79. The van der Waals surface area contributed by atoms with Crippen LogP contribution in [-0.2, 0) is 0 Å². The molecular weight excluding hydrogens is 333 g/mol. The molecule has 0 spiro atoms. The van der Waals surface area contributed by atoms with Gasteiger partial charge in [0.2, 0.25) is 0 Å². The Bertz CT molecular complexity index is 743. The molecule has 0 aliphatic heterocycles. The maximum absolute atomic E-state index is 12.1. The van der Waals surface area contributed by atoms with Crippen LogP contribution in [0.2, 0.25) is 15.1 Å². The molecule has 2 N–H and O–H groups in total. The second kappa shape index (κ2) is 6.26. The fourth-order valence-electron chi connectivity index (χ4n) is 2.18. The number of aromatic amines is 1. The van der Waals surface area contributed by atoms with Gasteiger partial charge in [0.1, 0.15) is 5.82 Å². The highest BCUT2D eigenvalue weighted by Gasteiger charge is 2.16. The average molecular weight is 347 g/mol. The number of nitrogens with zero attached hydrogens (tertiary/aromatic N) is 1. The fraction of sp³-hybridized carbons (Fsp3) is 0.286. The Morgan fingerprint density at radius 1 is 1.14 bits per heavy atom. The van der Waals surface area contributed by atoms with Crippen LogP contribution >= 0.6 is 34.8 Å². The lowest BCUT2D eigenvalue weighted by Crippen LogP contribution is -2.23. The van der Waals surface area contributed by atoms with Crippen LogP contribution in [0.25, 0.3) is 0 Å². The van der Waals surface area contributed by atoms with Crippen LogP contribution in [0.15, 0.2) is 16.9 Å². The number of aryl methyl sites for hydroxylation is 2. The molecule has 0 radical (unpaired) electrons. The monoisotopic (exact) mass is 345 g/mol. The Labute approximate surface area is 137 Å². The van der Waals surface area contributed by atoms with Crippen molar-refractivity contribution in [1.29, 1.82) is 0 Å². The molecule has 112 valence electrons. The molecule has 0 saturated heterocycles. The van der Waals surface area contributed by atoms with E-state index in [4.69, 9.17) is 34.8 Å². The van der Waals surface area contributed by atoms with Gasteiger partial charge >= 0.3 is 0 Å². The van der Waals surface area contributed by atoms with Gasteiger partial charge in [0, 0.05) is 0 Å². The summed E-state index contributed by atoms with van der Waals surface area (Å²) in [7, 11) is 0. The van der Waals surface area contributed by atoms with E-state index in [9.17, 15) is 4.79 Å². The summed E-state index contributed by atoms with van der Waals surface area (Å²) in [6, 6.07) is 2.91. The minimum Gasteiger partial charge on any atom is -0.377 e. The van der Waals surface area contributed by atoms with Crippen molar-refractivity contribution >= 4 is 40.5 Å². The standard InChI is InChI=1S/C14H14Cl3N3O/c1-6-13(14(21)20-8(3)18-6)7(2)19-12-5-10(16)9(15)4-11(12)17/h4-5,7,19H,1-3H3,(H,18,20,21). The lowest BCUT2D eigenvalue weighted by molar-refractivity contribution is 0.814. The number of rotatable bonds is 3. The smallest absolute Gasteiger partial charge is 0.256 e. The fourth-order valence-corrected chi connectivity index (χ4v) is 2.79. The number of halogens is 3. The average Bonchev–Trinajstić information content (AvgIpc) is 2.34. The number of anilines is 1. The van der Waals surface area contributed by atoms with Gasteiger partial charge in [-0.2, -0.15) is 0 Å². The zero-order chi connectivity index (χ0) is 15.7. The summed E-state index contributed by atoms with van der Waals surface area (Å²) < 4.78 is 0. The molecule has 1 aromatic heterocycles. The van der Waals surface area contributed by atoms with Gasteiger partial charge in [0.05, 0.1) is 38.1 Å². The molecule has 1 aromatic carbocycles. The first-order valence-corrected chi connectivity index (χ1v) is 7.41. The van der Waals surface area contributed by atoms with E-state index in [2.05, 4.69) is 15.3 Å². The van der Waals surface area contributed by atoms with Crippen LogP contribution in [0.4, 0.5) is 5.69 Å². The summed E-state index contributed by atoms with van der Waals surface area (Å²) in [6.45, 7) is 5.39. The maximum Gasteiger partial charge on any atom is 0.256 e. The third-order valence-electron chi connectivity index (χ3n) is 3.08. The van der Waals surface area contributed by atoms with Gasteiger partial charge in [0.15, 0.2) is 0 Å². The van der Waals surface area contributed by atoms with Crippen LogP contribution in [0.1, 0.15) is 30.0 Å². The summed E-state index contributed by atoms with van der Waals surface area (Å²) in [5, 5.41) is 4.37. The molecule has 0 bridgehead atoms. The van der Waals surface area contributed by atoms with Gasteiger partial charge in [-0.15, -0.1) is 0 Å². The minimum atomic E-state index is -0.281. The zero-order valence-electron chi connectivity index (χ0n) is 11.7. The lowest BCUT2D eigenvalue weighted by Gasteiger charge is -2.18. The van der Waals surface area contributed by atoms with E-state index in [1.807, 2.05) is 6.92 Å². The molecule has 4 nitrogen and oxygen atoms in total. The van der Waals surface area contributed by atoms with E-state index in [0.717, 1.165) is 0 Å². The topological polar surface area (TPSA) is 57.8 Å². The van der Waals surface area contributed by atoms with E-state index in [1.54, 1.807) is 26.0 Å². The van der Waals surface area contributed by atoms with Crippen molar-refractivity contribution in [3.05, 3.63) is 54.6 Å². The third-order valence-corrected chi connectivity index (χ3v) is 4.11. The van der Waals surface area contributed by atoms with Gasteiger partial charge < -0.3 is 10.3 Å². The number of hydrogen-bond donors (Lipinski definition) is 2. The van der Waals surface area contributed by atoms with Crippen LogP contribution < -0.4 is 10.9 Å². The van der Waals surface area contributed by atoms with Gasteiger partial charge in [0.25, 0.3) is 5.56 Å². The van der Waals surface area contributed by atoms with E-state index < -0.39 is 0 Å². The Hall–Kier alpha value is -1.23. The number of nitrogens with one attached hydrogen (secondary N) is 2. The molecule has 0 amide bonds. The second-order valence-corrected chi connectivity index (χ2v) is 5.98. The van der Waals surface area contributed by atoms with Crippen molar-refractivity contribution in [3.8, 4) is 0 Å². The molecule has 1 unspecified atom stereocenters. The Balaban J connectivity index is 2.37. The third kappa shape index (κ3) is 3.51. The largest absolute Gasteiger partial charge is 0.377 e. The van der Waals surface area contributed by atoms with Gasteiger partial charge in [-0.05, 0) is 32.9 Å². The molecule has 0 aliphatic carbocycles. The predicted molar refractivity (Wildman–Crippen MR) is 87.8 cm³/mol. The van der Waals surface area contributed by atoms with E-state index in [-0.39, 0.29) is 11.6 Å². The molecule has 7 heteroatoms. The van der Waals surface area contributed by atoms with Crippen LogP contribution in [0.5, 0.6) is 0 Å². The summed E-state index contributed by atoms with van der Waals surface area (Å²) in [5.41, 5.74) is 1.67. The van der Waals surface area contributed by atoms with Crippen molar-refractivity contribution in [2.24, 2.45) is 0 Å². The summed E-state index contributed by atoms with van der Waals surface area (Å²) >= 11 is 18.0. The Kier molecular flexibility index (Phi) is 4.81. The SMILES string of the molecule is Cc1nc(C)c(C(C)Nc2cc(Cl)c(Cl)cc2Cl)c(=O)[nH]1. The van der Waals surface area contributed by atoms with Crippen LogP contribution in [-0.4, -0.2) is 9.97 Å². The molecule has 0 aliphatic rings. The number of hydrogen-bond acceptors (Lipinski definition) is 3. The molecule has 2 rings (SSSR count). The first-order valence-electron chi connectivity index (χ1n) is 6.28. The summed E-state index contributed by atoms with van der Waals surface area (Å²) in [4.78, 5) is 19.1. The van der Waals surface area contributed by atoms with Crippen LogP contribution in [0.3, 0.4) is 0 Å². The number of H-pyrrole nitrogens is 1. The van der Waals surface area contributed by atoms with Crippen molar-refractivity contribution in [3.63, 3.8) is 0 Å². The molecule has 21 heavy (non-hydrogen) atoms. The maximum atomic E-state index is 12.1. The molecule has 2 aromatic rings. The van der Waals surface area contributed by atoms with E-state index in [1.165, 1.54) is 0 Å². The first kappa shape index (κ1) is 16.1. The zero-order valence-corrected chi connectivity index (χ0v) is 14.0. The molecular formula is C14H14Cl3N3O. The highest BCUT2D eigenvalue weighted by Crippen LogP contribution is 2.33. The minimum absolute atomic E-state index is 0.170. The van der Waals surface area contributed by atoms with Crippen molar-refractivity contribution < 1.29 is 0 Å². The van der Waals surface area contributed by atoms with Crippen molar-refractivity contribution in [2.75, 3.05) is 5.32 Å². The van der Waals surface area contributed by atoms with E-state index >= 15 is 0 Å². The highest BCUT2D eigenvalue weighted by atomic mass is 35.5. The van der Waals surface area contributed by atoms with Crippen molar-refractivity contribution in [1.82, 2.24) is 9.97 Å². The van der Waals surface area contributed by atoms with Crippen LogP contribution in [0, 0.1) is 13.8 Å². The molecule has 0 fully saturated rings. The second-order valence-electron chi connectivity index (χ2n) is 4.76. The molecule has 1 heterocycles. The lowest BCUT2D eigenvalue weighted by atomic mass is 10.1. The summed E-state index contributed by atoms with van der Waals surface area (Å²) in [6.07, 6.45) is 0. The highest BCUT2D eigenvalue weighted by molar-refractivity contribution is 6.44. The van der Waals surface area contributed by atoms with Gasteiger partial charge in [-0.3, -0.25) is 4.79 Å². The van der Waals surface area contributed by atoms with Gasteiger partial charge in [-0.1, -0.05) is 34.8 Å². The predicted octanol–water partition coefficient (Wildman–Crippen LogP) is 4.52. The molecule has 0 saturated carbocycles. The summed E-state index contributed by atoms with van der Waals surface area (Å²) in [5.74, 6) is 0.584. The van der Waals surface area contributed by atoms with E-state index in [0.29, 0.717) is 37.8 Å².